The number of carboxylic acids is 1. The summed E-state index contributed by atoms with van der Waals surface area (Å²) in [5.41, 5.74) is -1.68. The summed E-state index contributed by atoms with van der Waals surface area (Å²) in [5.74, 6) is -1.02. The predicted molar refractivity (Wildman–Crippen MR) is 73.2 cm³/mol. The molecule has 0 aromatic carbocycles. The smallest absolute Gasteiger partial charge is 0.329 e. The number of urea groups is 1. The average Bonchev–Trinajstić information content (AvgIpc) is 2.33. The molecular formula is C13H26N2O4. The fraction of sp³-hybridized carbons (Fsp3) is 0.846. The van der Waals surface area contributed by atoms with E-state index in [-0.39, 0.29) is 0 Å². The molecule has 0 aliphatic rings. The van der Waals surface area contributed by atoms with Gasteiger partial charge in [-0.25, -0.2) is 9.59 Å². The number of hydrogen-bond acceptors (Lipinski definition) is 3. The molecule has 0 saturated heterocycles. The molecule has 0 aliphatic carbocycles. The highest BCUT2D eigenvalue weighted by atomic mass is 16.5. The molecule has 2 amide bonds. The molecule has 0 bridgehead atoms. The number of carbonyl (C=O) groups excluding carboxylic acids is 1. The molecule has 0 aliphatic heterocycles. The van der Waals surface area contributed by atoms with Gasteiger partial charge in [0.25, 0.3) is 0 Å². The molecular weight excluding hydrogens is 248 g/mol. The van der Waals surface area contributed by atoms with Crippen molar-refractivity contribution in [1.82, 2.24) is 10.6 Å². The Kier molecular flexibility index (Phi) is 6.83. The molecule has 0 aromatic rings. The van der Waals surface area contributed by atoms with Crippen LogP contribution < -0.4 is 10.6 Å². The number of ether oxygens (including phenoxy) is 1. The maximum atomic E-state index is 11.8. The van der Waals surface area contributed by atoms with Crippen molar-refractivity contribution in [2.75, 3.05) is 13.2 Å². The monoisotopic (exact) mass is 274 g/mol. The van der Waals surface area contributed by atoms with E-state index in [1.54, 1.807) is 13.8 Å². The van der Waals surface area contributed by atoms with Crippen LogP contribution in [0.25, 0.3) is 0 Å². The van der Waals surface area contributed by atoms with E-state index in [1.165, 1.54) is 0 Å². The summed E-state index contributed by atoms with van der Waals surface area (Å²) in [6, 6.07) is -0.487. The fourth-order valence-electron chi connectivity index (χ4n) is 1.78. The Morgan fingerprint density at radius 3 is 2.05 bits per heavy atom. The van der Waals surface area contributed by atoms with Gasteiger partial charge in [-0.1, -0.05) is 13.8 Å². The van der Waals surface area contributed by atoms with E-state index in [0.29, 0.717) is 26.0 Å². The van der Waals surface area contributed by atoms with Crippen molar-refractivity contribution >= 4 is 12.0 Å². The first kappa shape index (κ1) is 17.7. The SMILES string of the molecule is CCOC(C)(C)CNC(=O)NC(CC)(CC)C(=O)O. The number of rotatable bonds is 8. The number of hydrogen-bond donors (Lipinski definition) is 3. The van der Waals surface area contributed by atoms with Crippen molar-refractivity contribution in [1.29, 1.82) is 0 Å². The molecule has 19 heavy (non-hydrogen) atoms. The van der Waals surface area contributed by atoms with Crippen molar-refractivity contribution in [3.63, 3.8) is 0 Å². The van der Waals surface area contributed by atoms with Gasteiger partial charge in [0.1, 0.15) is 5.54 Å². The minimum Gasteiger partial charge on any atom is -0.480 e. The van der Waals surface area contributed by atoms with Crippen molar-refractivity contribution in [2.45, 2.75) is 58.6 Å². The molecule has 3 N–H and O–H groups in total. The van der Waals surface area contributed by atoms with Gasteiger partial charge in [0.2, 0.25) is 0 Å². The topological polar surface area (TPSA) is 87.7 Å². The zero-order valence-electron chi connectivity index (χ0n) is 12.5. The van der Waals surface area contributed by atoms with E-state index in [2.05, 4.69) is 10.6 Å². The second-order valence-electron chi connectivity index (χ2n) is 5.09. The fourth-order valence-corrected chi connectivity index (χ4v) is 1.78. The average molecular weight is 274 g/mol. The Balaban J connectivity index is 4.49. The van der Waals surface area contributed by atoms with Gasteiger partial charge in [-0.15, -0.1) is 0 Å². The number of carbonyl (C=O) groups is 2. The third kappa shape index (κ3) is 5.46. The summed E-state index contributed by atoms with van der Waals surface area (Å²) >= 11 is 0. The Hall–Kier alpha value is -1.30. The van der Waals surface area contributed by atoms with Crippen LogP contribution in [0.15, 0.2) is 0 Å². The van der Waals surface area contributed by atoms with Crippen LogP contribution in [0.4, 0.5) is 4.79 Å². The molecule has 0 fully saturated rings. The van der Waals surface area contributed by atoms with Gasteiger partial charge in [-0.2, -0.15) is 0 Å². The zero-order chi connectivity index (χ0) is 15.1. The van der Waals surface area contributed by atoms with Crippen molar-refractivity contribution in [3.8, 4) is 0 Å². The first-order valence-electron chi connectivity index (χ1n) is 6.66. The van der Waals surface area contributed by atoms with Crippen LogP contribution in [0.5, 0.6) is 0 Å². The minimum atomic E-state index is -1.21. The van der Waals surface area contributed by atoms with Crippen molar-refractivity contribution < 1.29 is 19.4 Å². The van der Waals surface area contributed by atoms with E-state index >= 15 is 0 Å². The molecule has 0 spiro atoms. The lowest BCUT2D eigenvalue weighted by atomic mass is 9.93. The predicted octanol–water partition coefficient (Wildman–Crippen LogP) is 1.74. The molecule has 0 rings (SSSR count). The molecule has 0 heterocycles. The summed E-state index contributed by atoms with van der Waals surface area (Å²) < 4.78 is 5.45. The maximum absolute atomic E-state index is 11.8. The van der Waals surface area contributed by atoms with Crippen LogP contribution in [-0.2, 0) is 9.53 Å². The standard InChI is InChI=1S/C13H26N2O4/c1-6-13(7-2,10(16)17)15-11(18)14-9-12(4,5)19-8-3/h6-9H2,1-5H3,(H,16,17)(H2,14,15,18). The summed E-state index contributed by atoms with van der Waals surface area (Å²) in [7, 11) is 0. The highest BCUT2D eigenvalue weighted by Crippen LogP contribution is 2.15. The van der Waals surface area contributed by atoms with Crippen LogP contribution in [0.3, 0.4) is 0 Å². The van der Waals surface area contributed by atoms with Crippen LogP contribution in [0.1, 0.15) is 47.5 Å². The van der Waals surface area contributed by atoms with Crippen LogP contribution >= 0.6 is 0 Å². The van der Waals surface area contributed by atoms with Crippen LogP contribution in [0.2, 0.25) is 0 Å². The number of amides is 2. The molecule has 112 valence electrons. The van der Waals surface area contributed by atoms with Crippen molar-refractivity contribution in [3.05, 3.63) is 0 Å². The molecule has 0 aromatic heterocycles. The number of carboxylic acid groups (broad SMARTS) is 1. The summed E-state index contributed by atoms with van der Waals surface area (Å²) in [6.45, 7) is 9.95. The van der Waals surface area contributed by atoms with Gasteiger partial charge in [0.15, 0.2) is 0 Å². The molecule has 0 saturated carbocycles. The van der Waals surface area contributed by atoms with E-state index in [1.807, 2.05) is 20.8 Å². The second-order valence-corrected chi connectivity index (χ2v) is 5.09. The Morgan fingerprint density at radius 2 is 1.68 bits per heavy atom. The molecule has 0 atom stereocenters. The minimum absolute atomic E-state index is 0.315. The molecule has 6 heteroatoms. The van der Waals surface area contributed by atoms with Crippen LogP contribution in [0, 0.1) is 0 Å². The largest absolute Gasteiger partial charge is 0.480 e. The van der Waals surface area contributed by atoms with E-state index < -0.39 is 23.1 Å². The van der Waals surface area contributed by atoms with Gasteiger partial charge in [-0.05, 0) is 33.6 Å². The van der Waals surface area contributed by atoms with Gasteiger partial charge >= 0.3 is 12.0 Å². The lowest BCUT2D eigenvalue weighted by Crippen LogP contribution is -2.57. The Bertz CT molecular complexity index is 312. The summed E-state index contributed by atoms with van der Waals surface area (Å²) in [5, 5.41) is 14.4. The quantitative estimate of drug-likeness (QED) is 0.629. The van der Waals surface area contributed by atoms with Crippen LogP contribution in [-0.4, -0.2) is 41.4 Å². The van der Waals surface area contributed by atoms with E-state index in [0.717, 1.165) is 0 Å². The van der Waals surface area contributed by atoms with Gasteiger partial charge in [0, 0.05) is 13.2 Å². The number of aliphatic carboxylic acids is 1. The first-order chi connectivity index (χ1) is 8.73. The third-order valence-corrected chi connectivity index (χ3v) is 3.18. The molecule has 0 radical (unpaired) electrons. The highest BCUT2D eigenvalue weighted by Gasteiger charge is 2.36. The summed E-state index contributed by atoms with van der Waals surface area (Å²) in [6.07, 6.45) is 0.669. The van der Waals surface area contributed by atoms with Gasteiger partial charge < -0.3 is 20.5 Å². The third-order valence-electron chi connectivity index (χ3n) is 3.18. The number of nitrogens with one attached hydrogen (secondary N) is 2. The highest BCUT2D eigenvalue weighted by molar-refractivity contribution is 5.86. The normalized spacial score (nSPS) is 12.1. The first-order valence-corrected chi connectivity index (χ1v) is 6.66. The van der Waals surface area contributed by atoms with Gasteiger partial charge in [0.05, 0.1) is 5.60 Å². The van der Waals surface area contributed by atoms with E-state index in [4.69, 9.17) is 4.74 Å². The lowest BCUT2D eigenvalue weighted by Gasteiger charge is -2.30. The van der Waals surface area contributed by atoms with Gasteiger partial charge in [-0.3, -0.25) is 0 Å². The Labute approximate surface area is 114 Å². The maximum Gasteiger partial charge on any atom is 0.329 e. The zero-order valence-corrected chi connectivity index (χ0v) is 12.5. The van der Waals surface area contributed by atoms with Crippen molar-refractivity contribution in [2.24, 2.45) is 0 Å². The summed E-state index contributed by atoms with van der Waals surface area (Å²) in [4.78, 5) is 23.0. The Morgan fingerprint density at radius 1 is 1.16 bits per heavy atom. The second kappa shape index (κ2) is 7.33. The molecule has 0 unspecified atom stereocenters. The molecule has 6 nitrogen and oxygen atoms in total. The van der Waals surface area contributed by atoms with E-state index in [9.17, 15) is 14.7 Å². The lowest BCUT2D eigenvalue weighted by molar-refractivity contribution is -0.144.